The zero-order valence-corrected chi connectivity index (χ0v) is 16.6. The molecule has 30 heavy (non-hydrogen) atoms. The van der Waals surface area contributed by atoms with E-state index < -0.39 is 23.9 Å². The number of piperidine rings is 1. The van der Waals surface area contributed by atoms with Crippen molar-refractivity contribution in [1.29, 1.82) is 0 Å². The Morgan fingerprint density at radius 3 is 2.63 bits per heavy atom. The van der Waals surface area contributed by atoms with Gasteiger partial charge >= 0.3 is 6.03 Å². The lowest BCUT2D eigenvalue weighted by Gasteiger charge is -2.46. The van der Waals surface area contributed by atoms with E-state index in [9.17, 15) is 14.4 Å². The summed E-state index contributed by atoms with van der Waals surface area (Å²) in [6.45, 7) is 1.08. The second-order valence-electron chi connectivity index (χ2n) is 7.93. The number of carbonyl (C=O) groups is 3. The third-order valence-electron chi connectivity index (χ3n) is 5.98. The molecule has 4 rings (SSSR count). The highest BCUT2D eigenvalue weighted by Gasteiger charge is 2.54. The molecule has 0 spiro atoms. The summed E-state index contributed by atoms with van der Waals surface area (Å²) < 4.78 is 0. The van der Waals surface area contributed by atoms with E-state index in [1.807, 2.05) is 18.2 Å². The normalized spacial score (nSPS) is 23.7. The number of anilines is 1. The Kier molecular flexibility index (Phi) is 5.39. The van der Waals surface area contributed by atoms with Gasteiger partial charge in [-0.1, -0.05) is 30.3 Å². The Labute approximate surface area is 174 Å². The number of nitrogens with two attached hydrogens (primary N) is 2. The van der Waals surface area contributed by atoms with Crippen molar-refractivity contribution in [2.24, 2.45) is 11.7 Å². The molecule has 2 aromatic rings. The van der Waals surface area contributed by atoms with Crippen LogP contribution in [0.1, 0.15) is 29.9 Å². The van der Waals surface area contributed by atoms with E-state index in [0.29, 0.717) is 18.9 Å². The topological polar surface area (TPSA) is 123 Å². The number of primary amides is 1. The molecular formula is C22H25N5O3. The number of amides is 4. The van der Waals surface area contributed by atoms with E-state index in [4.69, 9.17) is 11.5 Å². The SMILES string of the molecule is NC(=O)[C@@H]1[C@@H](Cc2ccnc(N)c2)C(=O)N1C(=O)N1CCC[C@@H](c2ccccc2)C1. The highest BCUT2D eigenvalue weighted by atomic mass is 16.2. The number of likely N-dealkylation sites (tertiary alicyclic amines) is 2. The van der Waals surface area contributed by atoms with Gasteiger partial charge in [-0.2, -0.15) is 0 Å². The van der Waals surface area contributed by atoms with Crippen molar-refractivity contribution in [3.05, 3.63) is 59.8 Å². The van der Waals surface area contributed by atoms with Gasteiger partial charge in [-0.3, -0.25) is 14.5 Å². The minimum atomic E-state index is -0.948. The summed E-state index contributed by atoms with van der Waals surface area (Å²) in [5.41, 5.74) is 13.2. The molecule has 3 heterocycles. The molecule has 2 aliphatic rings. The van der Waals surface area contributed by atoms with E-state index >= 15 is 0 Å². The average Bonchev–Trinajstić information content (AvgIpc) is 2.75. The first kappa shape index (κ1) is 19.9. The summed E-state index contributed by atoms with van der Waals surface area (Å²) in [6, 6.07) is 12.0. The van der Waals surface area contributed by atoms with Gasteiger partial charge in [0.25, 0.3) is 0 Å². The predicted octanol–water partition coefficient (Wildman–Crippen LogP) is 1.52. The van der Waals surface area contributed by atoms with Gasteiger partial charge in [0.2, 0.25) is 11.8 Å². The highest BCUT2D eigenvalue weighted by molar-refractivity contribution is 6.08. The van der Waals surface area contributed by atoms with E-state index in [-0.39, 0.29) is 18.2 Å². The number of rotatable bonds is 4. The van der Waals surface area contributed by atoms with Gasteiger partial charge in [-0.05, 0) is 42.5 Å². The highest BCUT2D eigenvalue weighted by Crippen LogP contribution is 2.33. The van der Waals surface area contributed by atoms with E-state index in [0.717, 1.165) is 23.3 Å². The molecule has 156 valence electrons. The zero-order chi connectivity index (χ0) is 21.3. The van der Waals surface area contributed by atoms with Crippen LogP contribution in [0.15, 0.2) is 48.7 Å². The average molecular weight is 407 g/mol. The Bertz CT molecular complexity index is 964. The number of aromatic nitrogens is 1. The largest absolute Gasteiger partial charge is 0.384 e. The quantitative estimate of drug-likeness (QED) is 0.744. The number of urea groups is 1. The first-order valence-electron chi connectivity index (χ1n) is 10.1. The molecule has 8 heteroatoms. The molecule has 0 bridgehead atoms. The fraction of sp³-hybridized carbons (Fsp3) is 0.364. The number of hydrogen-bond donors (Lipinski definition) is 2. The maximum absolute atomic E-state index is 13.1. The smallest absolute Gasteiger partial charge is 0.327 e. The van der Waals surface area contributed by atoms with Crippen molar-refractivity contribution in [1.82, 2.24) is 14.8 Å². The van der Waals surface area contributed by atoms with Crippen LogP contribution in [-0.4, -0.2) is 51.8 Å². The van der Waals surface area contributed by atoms with Crippen LogP contribution < -0.4 is 11.5 Å². The van der Waals surface area contributed by atoms with Crippen LogP contribution in [0.3, 0.4) is 0 Å². The second kappa shape index (κ2) is 8.14. The predicted molar refractivity (Wildman–Crippen MR) is 111 cm³/mol. The third-order valence-corrected chi connectivity index (χ3v) is 5.98. The Hall–Kier alpha value is -3.42. The summed E-state index contributed by atoms with van der Waals surface area (Å²) in [6.07, 6.45) is 3.66. The molecular weight excluding hydrogens is 382 g/mol. The molecule has 1 aromatic heterocycles. The maximum atomic E-state index is 13.1. The van der Waals surface area contributed by atoms with Crippen LogP contribution in [0.4, 0.5) is 10.6 Å². The fourth-order valence-corrected chi connectivity index (χ4v) is 4.46. The van der Waals surface area contributed by atoms with Gasteiger partial charge in [0.05, 0.1) is 5.92 Å². The Morgan fingerprint density at radius 1 is 1.17 bits per heavy atom. The van der Waals surface area contributed by atoms with Crippen LogP contribution in [0, 0.1) is 5.92 Å². The van der Waals surface area contributed by atoms with Crippen LogP contribution in [0.2, 0.25) is 0 Å². The molecule has 0 aliphatic carbocycles. The summed E-state index contributed by atoms with van der Waals surface area (Å²) >= 11 is 0. The maximum Gasteiger partial charge on any atom is 0.327 e. The molecule has 3 atom stereocenters. The van der Waals surface area contributed by atoms with E-state index in [1.54, 1.807) is 23.2 Å². The summed E-state index contributed by atoms with van der Waals surface area (Å²) in [4.78, 5) is 44.7. The van der Waals surface area contributed by atoms with Gasteiger partial charge in [-0.15, -0.1) is 0 Å². The van der Waals surface area contributed by atoms with Crippen LogP contribution >= 0.6 is 0 Å². The molecule has 4 N–H and O–H groups in total. The Morgan fingerprint density at radius 2 is 1.93 bits per heavy atom. The third kappa shape index (κ3) is 3.72. The summed E-state index contributed by atoms with van der Waals surface area (Å²) in [5.74, 6) is -1.17. The molecule has 0 radical (unpaired) electrons. The number of β-lactam (4-membered cyclic amide) rings is 1. The number of nitrogens with zero attached hydrogens (tertiary/aromatic N) is 3. The van der Waals surface area contributed by atoms with E-state index in [2.05, 4.69) is 17.1 Å². The van der Waals surface area contributed by atoms with Crippen molar-refractivity contribution in [2.75, 3.05) is 18.8 Å². The van der Waals surface area contributed by atoms with Crippen molar-refractivity contribution < 1.29 is 14.4 Å². The molecule has 0 unspecified atom stereocenters. The number of carbonyl (C=O) groups excluding carboxylic acids is 3. The van der Waals surface area contributed by atoms with Gasteiger partial charge in [0.15, 0.2) is 0 Å². The first-order chi connectivity index (χ1) is 14.5. The second-order valence-corrected chi connectivity index (χ2v) is 7.93. The van der Waals surface area contributed by atoms with Crippen LogP contribution in [0.5, 0.6) is 0 Å². The molecule has 2 saturated heterocycles. The van der Waals surface area contributed by atoms with Crippen molar-refractivity contribution >= 4 is 23.7 Å². The number of hydrogen-bond acceptors (Lipinski definition) is 5. The molecule has 0 saturated carbocycles. The minimum Gasteiger partial charge on any atom is -0.384 e. The monoisotopic (exact) mass is 407 g/mol. The first-order valence-corrected chi connectivity index (χ1v) is 10.1. The van der Waals surface area contributed by atoms with Gasteiger partial charge < -0.3 is 16.4 Å². The van der Waals surface area contributed by atoms with Crippen LogP contribution in [-0.2, 0) is 16.0 Å². The van der Waals surface area contributed by atoms with Crippen LogP contribution in [0.25, 0.3) is 0 Å². The number of imide groups is 1. The lowest BCUT2D eigenvalue weighted by Crippen LogP contribution is -2.70. The zero-order valence-electron chi connectivity index (χ0n) is 16.6. The molecule has 2 aliphatic heterocycles. The number of nitrogen functional groups attached to an aromatic ring is 1. The molecule has 4 amide bonds. The molecule has 1 aromatic carbocycles. The standard InChI is InChI=1S/C22H25N5O3/c23-18-12-14(8-9-25-18)11-17-19(20(24)28)27(21(17)29)22(30)26-10-4-7-16(13-26)15-5-2-1-3-6-15/h1-3,5-6,8-9,12,16-17,19H,4,7,10-11,13H2,(H2,23,25)(H2,24,28)/t16-,17-,19+/m1/s1. The summed E-state index contributed by atoms with van der Waals surface area (Å²) in [7, 11) is 0. The van der Waals surface area contributed by atoms with Crippen molar-refractivity contribution in [3.63, 3.8) is 0 Å². The van der Waals surface area contributed by atoms with Gasteiger partial charge in [-0.25, -0.2) is 9.78 Å². The lowest BCUT2D eigenvalue weighted by molar-refractivity contribution is -0.157. The molecule has 2 fully saturated rings. The van der Waals surface area contributed by atoms with E-state index in [1.165, 1.54) is 5.56 Å². The van der Waals surface area contributed by atoms with Crippen molar-refractivity contribution in [2.45, 2.75) is 31.2 Å². The number of benzene rings is 1. The van der Waals surface area contributed by atoms with Crippen molar-refractivity contribution in [3.8, 4) is 0 Å². The van der Waals surface area contributed by atoms with Gasteiger partial charge in [0.1, 0.15) is 11.9 Å². The van der Waals surface area contributed by atoms with Gasteiger partial charge in [0, 0.05) is 25.2 Å². The Balaban J connectivity index is 1.48. The summed E-state index contributed by atoms with van der Waals surface area (Å²) in [5, 5.41) is 0. The lowest BCUT2D eigenvalue weighted by atomic mass is 9.82. The molecule has 8 nitrogen and oxygen atoms in total. The number of pyridine rings is 1. The fourth-order valence-electron chi connectivity index (χ4n) is 4.46. The minimum absolute atomic E-state index is 0.211.